The Kier molecular flexibility index (Phi) is 2.59. The molecule has 0 radical (unpaired) electrons. The second-order valence-corrected chi connectivity index (χ2v) is 3.47. The Morgan fingerprint density at radius 2 is 2.38 bits per heavy atom. The molecule has 1 aromatic rings. The minimum atomic E-state index is 0.563. The van der Waals surface area contributed by atoms with Crippen LogP contribution in [0.15, 0.2) is 0 Å². The molecular formula is C9H15N3O. The molecule has 1 aliphatic rings. The van der Waals surface area contributed by atoms with Gasteiger partial charge in [-0.3, -0.25) is 5.10 Å². The molecule has 0 aromatic carbocycles. The van der Waals surface area contributed by atoms with Crippen LogP contribution in [0.2, 0.25) is 0 Å². The number of nitrogens with one attached hydrogen (secondary N) is 1. The van der Waals surface area contributed by atoms with Crippen LogP contribution in [-0.2, 0) is 11.3 Å². The van der Waals surface area contributed by atoms with Gasteiger partial charge < -0.3 is 4.74 Å². The Morgan fingerprint density at radius 1 is 1.54 bits per heavy atom. The van der Waals surface area contributed by atoms with E-state index in [9.17, 15) is 0 Å². The van der Waals surface area contributed by atoms with E-state index in [1.807, 2.05) is 0 Å². The molecule has 1 aromatic heterocycles. The van der Waals surface area contributed by atoms with E-state index in [1.165, 1.54) is 12.8 Å². The predicted molar refractivity (Wildman–Crippen MR) is 48.3 cm³/mol. The molecule has 0 saturated heterocycles. The molecule has 0 spiro atoms. The lowest BCUT2D eigenvalue weighted by Crippen LogP contribution is -1.95. The minimum Gasteiger partial charge on any atom is -0.373 e. The van der Waals surface area contributed by atoms with E-state index in [0.29, 0.717) is 12.5 Å². The molecule has 4 nitrogen and oxygen atoms in total. The molecule has 0 aliphatic heterocycles. The van der Waals surface area contributed by atoms with Crippen molar-refractivity contribution in [3.05, 3.63) is 11.6 Å². The molecule has 4 heteroatoms. The number of nitrogens with zero attached hydrogens (tertiary/aromatic N) is 2. The third-order valence-electron chi connectivity index (χ3n) is 2.08. The first-order chi connectivity index (χ1) is 6.40. The van der Waals surface area contributed by atoms with Crippen molar-refractivity contribution in [3.8, 4) is 0 Å². The fourth-order valence-corrected chi connectivity index (χ4v) is 1.21. The summed E-state index contributed by atoms with van der Waals surface area (Å²) in [5.41, 5.74) is 0. The molecule has 1 saturated carbocycles. The normalized spacial score (nSPS) is 16.4. The van der Waals surface area contributed by atoms with Crippen LogP contribution in [0, 0.1) is 0 Å². The van der Waals surface area contributed by atoms with Crippen molar-refractivity contribution in [3.63, 3.8) is 0 Å². The van der Waals surface area contributed by atoms with Gasteiger partial charge in [0.25, 0.3) is 0 Å². The zero-order chi connectivity index (χ0) is 9.10. The third-order valence-corrected chi connectivity index (χ3v) is 2.08. The van der Waals surface area contributed by atoms with Gasteiger partial charge in [-0.1, -0.05) is 6.92 Å². The molecule has 0 bridgehead atoms. The molecule has 0 atom stereocenters. The van der Waals surface area contributed by atoms with Crippen molar-refractivity contribution < 1.29 is 4.74 Å². The van der Waals surface area contributed by atoms with E-state index in [4.69, 9.17) is 4.74 Å². The Labute approximate surface area is 77.7 Å². The maximum atomic E-state index is 5.35. The summed E-state index contributed by atoms with van der Waals surface area (Å²) < 4.78 is 5.35. The topological polar surface area (TPSA) is 50.8 Å². The van der Waals surface area contributed by atoms with E-state index in [2.05, 4.69) is 22.1 Å². The van der Waals surface area contributed by atoms with Crippen molar-refractivity contribution >= 4 is 0 Å². The molecule has 1 fully saturated rings. The smallest absolute Gasteiger partial charge is 0.153 e. The number of hydrogen-bond donors (Lipinski definition) is 1. The van der Waals surface area contributed by atoms with Gasteiger partial charge in [0, 0.05) is 12.5 Å². The Bertz CT molecular complexity index is 268. The van der Waals surface area contributed by atoms with E-state index >= 15 is 0 Å². The summed E-state index contributed by atoms with van der Waals surface area (Å²) in [4.78, 5) is 4.35. The largest absolute Gasteiger partial charge is 0.373 e. The Morgan fingerprint density at radius 3 is 3.08 bits per heavy atom. The van der Waals surface area contributed by atoms with Crippen LogP contribution in [-0.4, -0.2) is 21.8 Å². The highest BCUT2D eigenvalue weighted by molar-refractivity contribution is 5.04. The summed E-state index contributed by atoms with van der Waals surface area (Å²) in [5.74, 6) is 2.45. The lowest BCUT2D eigenvalue weighted by Gasteiger charge is -1.96. The van der Waals surface area contributed by atoms with Crippen LogP contribution in [0.3, 0.4) is 0 Å². The van der Waals surface area contributed by atoms with E-state index < -0.39 is 0 Å². The van der Waals surface area contributed by atoms with Gasteiger partial charge in [0.15, 0.2) is 11.6 Å². The molecule has 1 N–H and O–H groups in total. The van der Waals surface area contributed by atoms with Gasteiger partial charge in [0.1, 0.15) is 6.61 Å². The fraction of sp³-hybridized carbons (Fsp3) is 0.778. The zero-order valence-electron chi connectivity index (χ0n) is 7.92. The van der Waals surface area contributed by atoms with Crippen LogP contribution < -0.4 is 0 Å². The second-order valence-electron chi connectivity index (χ2n) is 3.47. The quantitative estimate of drug-likeness (QED) is 0.702. The first-order valence-electron chi connectivity index (χ1n) is 4.89. The fourth-order valence-electron chi connectivity index (χ4n) is 1.21. The number of aromatic nitrogens is 3. The number of hydrogen-bond acceptors (Lipinski definition) is 3. The second kappa shape index (κ2) is 3.87. The van der Waals surface area contributed by atoms with Crippen LogP contribution in [0.5, 0.6) is 0 Å². The number of H-pyrrole nitrogens is 1. The summed E-state index contributed by atoms with van der Waals surface area (Å²) in [7, 11) is 0. The van der Waals surface area contributed by atoms with Crippen LogP contribution >= 0.6 is 0 Å². The van der Waals surface area contributed by atoms with Crippen molar-refractivity contribution in [1.82, 2.24) is 15.2 Å². The van der Waals surface area contributed by atoms with E-state index in [1.54, 1.807) is 0 Å². The summed E-state index contributed by atoms with van der Waals surface area (Å²) in [6.45, 7) is 3.45. The van der Waals surface area contributed by atoms with Gasteiger partial charge in [-0.2, -0.15) is 5.10 Å². The average Bonchev–Trinajstić information content (AvgIpc) is 2.88. The summed E-state index contributed by atoms with van der Waals surface area (Å²) in [6.07, 6.45) is 3.53. The lowest BCUT2D eigenvalue weighted by atomic mass is 10.4. The molecule has 0 unspecified atom stereocenters. The Balaban J connectivity index is 1.82. The standard InChI is InChI=1S/C9H15N3O/c1-2-5-13-6-8-10-9(12-11-8)7-3-4-7/h7H,2-6H2,1H3,(H,10,11,12). The van der Waals surface area contributed by atoms with Crippen molar-refractivity contribution in [1.29, 1.82) is 0 Å². The lowest BCUT2D eigenvalue weighted by molar-refractivity contribution is 0.116. The summed E-state index contributed by atoms with van der Waals surface area (Å²) in [6, 6.07) is 0. The molecule has 1 heterocycles. The van der Waals surface area contributed by atoms with Gasteiger partial charge in [-0.05, 0) is 19.3 Å². The maximum absolute atomic E-state index is 5.35. The first kappa shape index (κ1) is 8.69. The first-order valence-corrected chi connectivity index (χ1v) is 4.89. The predicted octanol–water partition coefficient (Wildman–Crippen LogP) is 1.61. The zero-order valence-corrected chi connectivity index (χ0v) is 7.92. The third kappa shape index (κ3) is 2.28. The van der Waals surface area contributed by atoms with Gasteiger partial charge in [0.05, 0.1) is 0 Å². The number of ether oxygens (including phenoxy) is 1. The highest BCUT2D eigenvalue weighted by atomic mass is 16.5. The SMILES string of the molecule is CCCOCc1nc(C2CC2)n[nH]1. The van der Waals surface area contributed by atoms with Gasteiger partial charge in [-0.15, -0.1) is 0 Å². The van der Waals surface area contributed by atoms with Gasteiger partial charge >= 0.3 is 0 Å². The average molecular weight is 181 g/mol. The van der Waals surface area contributed by atoms with Gasteiger partial charge in [-0.25, -0.2) is 4.98 Å². The van der Waals surface area contributed by atoms with E-state index in [-0.39, 0.29) is 0 Å². The molecule has 0 amide bonds. The number of rotatable bonds is 5. The molecule has 2 rings (SSSR count). The summed E-state index contributed by atoms with van der Waals surface area (Å²) >= 11 is 0. The monoisotopic (exact) mass is 181 g/mol. The summed E-state index contributed by atoms with van der Waals surface area (Å²) in [5, 5.41) is 7.04. The van der Waals surface area contributed by atoms with Crippen molar-refractivity contribution in [2.75, 3.05) is 6.61 Å². The highest BCUT2D eigenvalue weighted by Crippen LogP contribution is 2.37. The number of aromatic amines is 1. The van der Waals surface area contributed by atoms with Crippen LogP contribution in [0.1, 0.15) is 43.8 Å². The van der Waals surface area contributed by atoms with Crippen molar-refractivity contribution in [2.45, 2.75) is 38.7 Å². The van der Waals surface area contributed by atoms with Crippen molar-refractivity contribution in [2.24, 2.45) is 0 Å². The van der Waals surface area contributed by atoms with Crippen LogP contribution in [0.4, 0.5) is 0 Å². The van der Waals surface area contributed by atoms with E-state index in [0.717, 1.165) is 24.7 Å². The minimum absolute atomic E-state index is 0.563. The maximum Gasteiger partial charge on any atom is 0.153 e. The molecule has 1 aliphatic carbocycles. The molecular weight excluding hydrogens is 166 g/mol. The highest BCUT2D eigenvalue weighted by Gasteiger charge is 2.27. The van der Waals surface area contributed by atoms with Gasteiger partial charge in [0.2, 0.25) is 0 Å². The Hall–Kier alpha value is -0.900. The molecule has 13 heavy (non-hydrogen) atoms. The van der Waals surface area contributed by atoms with Crippen LogP contribution in [0.25, 0.3) is 0 Å². The molecule has 72 valence electrons.